The number of amides is 2. The molecule has 0 aliphatic rings. The van der Waals surface area contributed by atoms with Gasteiger partial charge in [0.15, 0.2) is 0 Å². The molecule has 4 nitrogen and oxygen atoms in total. The fraction of sp³-hybridized carbons (Fsp3) is 0.176. The summed E-state index contributed by atoms with van der Waals surface area (Å²) in [6.45, 7) is 0.705. The highest BCUT2D eigenvalue weighted by Gasteiger charge is 2.06. The van der Waals surface area contributed by atoms with Crippen molar-refractivity contribution in [2.24, 2.45) is 0 Å². The summed E-state index contributed by atoms with van der Waals surface area (Å²) in [7, 11) is 0. The van der Waals surface area contributed by atoms with Crippen LogP contribution in [0.1, 0.15) is 15.9 Å². The number of rotatable bonds is 6. The molecule has 0 atom stereocenters. The van der Waals surface area contributed by atoms with Crippen molar-refractivity contribution >= 4 is 35.0 Å². The number of carbonyl (C=O) groups is 2. The van der Waals surface area contributed by atoms with Crippen LogP contribution in [0.15, 0.2) is 48.5 Å². The van der Waals surface area contributed by atoms with Crippen molar-refractivity contribution in [2.45, 2.75) is 6.42 Å². The summed E-state index contributed by atoms with van der Waals surface area (Å²) in [5, 5.41) is 6.62. The maximum atomic E-state index is 11.9. The molecule has 120 valence electrons. The van der Waals surface area contributed by atoms with E-state index in [2.05, 4.69) is 10.6 Å². The van der Waals surface area contributed by atoms with Gasteiger partial charge in [-0.3, -0.25) is 9.59 Å². The van der Waals surface area contributed by atoms with E-state index in [4.69, 9.17) is 23.2 Å². The minimum absolute atomic E-state index is 0.107. The lowest BCUT2D eigenvalue weighted by atomic mass is 10.1. The summed E-state index contributed by atoms with van der Waals surface area (Å²) in [6, 6.07) is 13.8. The van der Waals surface area contributed by atoms with Crippen LogP contribution in [0.3, 0.4) is 0 Å². The number of nitrogens with one attached hydrogen (secondary N) is 2. The predicted molar refractivity (Wildman–Crippen MR) is 92.0 cm³/mol. The van der Waals surface area contributed by atoms with Gasteiger partial charge in [0.05, 0.1) is 6.42 Å². The second-order valence-corrected chi connectivity index (χ2v) is 5.79. The fourth-order valence-electron chi connectivity index (χ4n) is 1.96. The number of carbonyl (C=O) groups excluding carboxylic acids is 2. The molecule has 0 bridgehead atoms. The van der Waals surface area contributed by atoms with Gasteiger partial charge in [-0.25, -0.2) is 0 Å². The third-order valence-electron chi connectivity index (χ3n) is 3.10. The van der Waals surface area contributed by atoms with Gasteiger partial charge >= 0.3 is 0 Å². The van der Waals surface area contributed by atoms with E-state index < -0.39 is 0 Å². The van der Waals surface area contributed by atoms with Crippen LogP contribution in [0.5, 0.6) is 0 Å². The number of benzene rings is 2. The van der Waals surface area contributed by atoms with E-state index in [-0.39, 0.29) is 18.2 Å². The van der Waals surface area contributed by atoms with E-state index in [1.807, 2.05) is 12.1 Å². The first-order valence-electron chi connectivity index (χ1n) is 7.09. The summed E-state index contributed by atoms with van der Waals surface area (Å²) >= 11 is 11.6. The average molecular weight is 351 g/mol. The maximum absolute atomic E-state index is 11.9. The highest BCUT2D eigenvalue weighted by Crippen LogP contribution is 2.10. The van der Waals surface area contributed by atoms with Crippen LogP contribution in [0.4, 0.5) is 0 Å². The Morgan fingerprint density at radius 2 is 1.57 bits per heavy atom. The van der Waals surface area contributed by atoms with Gasteiger partial charge in [-0.2, -0.15) is 0 Å². The molecular weight excluding hydrogens is 335 g/mol. The Hall–Kier alpha value is -2.04. The Morgan fingerprint density at radius 1 is 0.870 bits per heavy atom. The molecule has 0 aliphatic carbocycles. The summed E-state index contributed by atoms with van der Waals surface area (Å²) in [5.74, 6) is -0.330. The van der Waals surface area contributed by atoms with Crippen LogP contribution in [-0.4, -0.2) is 24.9 Å². The molecule has 6 heteroatoms. The molecule has 0 spiro atoms. The Labute approximate surface area is 144 Å². The van der Waals surface area contributed by atoms with E-state index in [1.54, 1.807) is 36.4 Å². The Kier molecular flexibility index (Phi) is 6.44. The minimum Gasteiger partial charge on any atom is -0.354 e. The van der Waals surface area contributed by atoms with E-state index >= 15 is 0 Å². The molecule has 2 N–H and O–H groups in total. The standard InChI is InChI=1S/C17H16Cl2N2O2/c18-14-6-4-12(5-7-14)10-16(22)20-8-9-21-17(23)13-2-1-3-15(19)11-13/h1-7,11H,8-10H2,(H,20,22)(H,21,23). The molecule has 0 saturated heterocycles. The van der Waals surface area contributed by atoms with Gasteiger partial charge in [0, 0.05) is 28.7 Å². The maximum Gasteiger partial charge on any atom is 0.251 e. The zero-order valence-electron chi connectivity index (χ0n) is 12.3. The SMILES string of the molecule is O=C(Cc1ccc(Cl)cc1)NCCNC(=O)c1cccc(Cl)c1. The molecule has 0 heterocycles. The number of halogens is 2. The summed E-state index contributed by atoms with van der Waals surface area (Å²) in [6.07, 6.45) is 0.277. The lowest BCUT2D eigenvalue weighted by Gasteiger charge is -2.07. The van der Waals surface area contributed by atoms with Gasteiger partial charge in [-0.05, 0) is 35.9 Å². The third-order valence-corrected chi connectivity index (χ3v) is 3.58. The minimum atomic E-state index is -0.223. The lowest BCUT2D eigenvalue weighted by molar-refractivity contribution is -0.120. The van der Waals surface area contributed by atoms with E-state index in [0.717, 1.165) is 5.56 Å². The molecule has 23 heavy (non-hydrogen) atoms. The highest BCUT2D eigenvalue weighted by atomic mass is 35.5. The highest BCUT2D eigenvalue weighted by molar-refractivity contribution is 6.31. The molecule has 0 aromatic heterocycles. The Balaban J connectivity index is 1.69. The van der Waals surface area contributed by atoms with E-state index in [9.17, 15) is 9.59 Å². The molecule has 0 unspecified atom stereocenters. The van der Waals surface area contributed by atoms with Crippen molar-refractivity contribution in [3.05, 3.63) is 69.7 Å². The normalized spacial score (nSPS) is 10.2. The van der Waals surface area contributed by atoms with Gasteiger partial charge in [-0.1, -0.05) is 41.4 Å². The van der Waals surface area contributed by atoms with Crippen LogP contribution in [0.25, 0.3) is 0 Å². The van der Waals surface area contributed by atoms with Crippen molar-refractivity contribution in [1.29, 1.82) is 0 Å². The summed E-state index contributed by atoms with van der Waals surface area (Å²) < 4.78 is 0. The van der Waals surface area contributed by atoms with Crippen LogP contribution in [-0.2, 0) is 11.2 Å². The van der Waals surface area contributed by atoms with Crippen molar-refractivity contribution < 1.29 is 9.59 Å². The Morgan fingerprint density at radius 3 is 2.26 bits per heavy atom. The third kappa shape index (κ3) is 5.93. The van der Waals surface area contributed by atoms with Crippen LogP contribution in [0, 0.1) is 0 Å². The van der Waals surface area contributed by atoms with Gasteiger partial charge in [0.2, 0.25) is 5.91 Å². The first-order valence-corrected chi connectivity index (χ1v) is 7.85. The molecule has 0 saturated carbocycles. The molecule has 2 aromatic carbocycles. The van der Waals surface area contributed by atoms with Crippen molar-refractivity contribution in [2.75, 3.05) is 13.1 Å². The topological polar surface area (TPSA) is 58.2 Å². The molecule has 2 rings (SSSR count). The predicted octanol–water partition coefficient (Wildman–Crippen LogP) is 3.08. The van der Waals surface area contributed by atoms with Crippen LogP contribution < -0.4 is 10.6 Å². The second kappa shape index (κ2) is 8.56. The van der Waals surface area contributed by atoms with E-state index in [1.165, 1.54) is 0 Å². The molecule has 0 radical (unpaired) electrons. The first kappa shape index (κ1) is 17.3. The van der Waals surface area contributed by atoms with Gasteiger partial charge in [0.1, 0.15) is 0 Å². The van der Waals surface area contributed by atoms with Crippen LogP contribution >= 0.6 is 23.2 Å². The van der Waals surface area contributed by atoms with Crippen molar-refractivity contribution in [1.82, 2.24) is 10.6 Å². The molecular formula is C17H16Cl2N2O2. The molecule has 0 aliphatic heterocycles. The Bertz CT molecular complexity index is 687. The van der Waals surface area contributed by atoms with Gasteiger partial charge in [-0.15, -0.1) is 0 Å². The lowest BCUT2D eigenvalue weighted by Crippen LogP contribution is -2.35. The van der Waals surface area contributed by atoms with E-state index in [0.29, 0.717) is 28.7 Å². The molecule has 2 aromatic rings. The van der Waals surface area contributed by atoms with Gasteiger partial charge in [0.25, 0.3) is 5.91 Å². The first-order chi connectivity index (χ1) is 11.0. The zero-order valence-corrected chi connectivity index (χ0v) is 13.8. The van der Waals surface area contributed by atoms with Crippen molar-refractivity contribution in [3.8, 4) is 0 Å². The van der Waals surface area contributed by atoms with Crippen LogP contribution in [0.2, 0.25) is 10.0 Å². The summed E-state index contributed by atoms with van der Waals surface area (Å²) in [5.41, 5.74) is 1.37. The smallest absolute Gasteiger partial charge is 0.251 e. The number of hydrogen-bond donors (Lipinski definition) is 2. The molecule has 0 fully saturated rings. The fourth-order valence-corrected chi connectivity index (χ4v) is 2.28. The zero-order chi connectivity index (χ0) is 16.7. The second-order valence-electron chi connectivity index (χ2n) is 4.92. The molecule has 2 amide bonds. The largest absolute Gasteiger partial charge is 0.354 e. The van der Waals surface area contributed by atoms with Crippen molar-refractivity contribution in [3.63, 3.8) is 0 Å². The average Bonchev–Trinajstić information content (AvgIpc) is 2.53. The summed E-state index contributed by atoms with van der Waals surface area (Å²) in [4.78, 5) is 23.7. The van der Waals surface area contributed by atoms with Gasteiger partial charge < -0.3 is 10.6 Å². The monoisotopic (exact) mass is 350 g/mol. The number of hydrogen-bond acceptors (Lipinski definition) is 2. The quantitative estimate of drug-likeness (QED) is 0.786.